The van der Waals surface area contributed by atoms with Crippen molar-refractivity contribution in [3.05, 3.63) is 35.4 Å². The molecule has 1 heterocycles. The third-order valence-corrected chi connectivity index (χ3v) is 3.94. The fraction of sp³-hybridized carbons (Fsp3) is 0.471. The molecule has 1 unspecified atom stereocenters. The van der Waals surface area contributed by atoms with Crippen LogP contribution in [0.5, 0.6) is 0 Å². The highest BCUT2D eigenvalue weighted by molar-refractivity contribution is 5.98. The molecule has 0 spiro atoms. The molecule has 1 aliphatic rings. The molecule has 0 aliphatic carbocycles. The first-order chi connectivity index (χ1) is 10.5. The fourth-order valence-corrected chi connectivity index (χ4v) is 2.54. The van der Waals surface area contributed by atoms with E-state index in [2.05, 4.69) is 5.32 Å². The lowest BCUT2D eigenvalue weighted by Gasteiger charge is -2.30. The van der Waals surface area contributed by atoms with Crippen molar-refractivity contribution in [1.82, 2.24) is 10.2 Å². The van der Waals surface area contributed by atoms with Crippen molar-refractivity contribution in [1.29, 1.82) is 0 Å². The molecule has 0 radical (unpaired) electrons. The van der Waals surface area contributed by atoms with Gasteiger partial charge in [0.05, 0.1) is 0 Å². The largest absolute Gasteiger partial charge is 0.352 e. The molecule has 0 saturated carbocycles. The summed E-state index contributed by atoms with van der Waals surface area (Å²) in [6.45, 7) is 2.50. The van der Waals surface area contributed by atoms with Gasteiger partial charge >= 0.3 is 0 Å². The Morgan fingerprint density at radius 2 is 1.91 bits per heavy atom. The van der Waals surface area contributed by atoms with Gasteiger partial charge in [-0.05, 0) is 13.3 Å². The van der Waals surface area contributed by atoms with Crippen molar-refractivity contribution in [3.8, 4) is 0 Å². The number of Topliss-reactive ketones (excluding diaryl/α,β-unsaturated/α-hetero) is 1. The quantitative estimate of drug-likeness (QED) is 0.842. The Bertz CT molecular complexity index is 566. The van der Waals surface area contributed by atoms with E-state index in [1.807, 2.05) is 19.1 Å². The average Bonchev–Trinajstić information content (AvgIpc) is 2.49. The minimum absolute atomic E-state index is 0.00956. The number of aryl methyl sites for hydroxylation is 1. The van der Waals surface area contributed by atoms with E-state index in [0.29, 0.717) is 24.9 Å². The Morgan fingerprint density at radius 1 is 1.23 bits per heavy atom. The van der Waals surface area contributed by atoms with Crippen LogP contribution in [0.15, 0.2) is 24.3 Å². The molecule has 1 N–H and O–H groups in total. The number of amides is 2. The number of nitrogens with zero attached hydrogens (tertiary/aromatic N) is 1. The van der Waals surface area contributed by atoms with Gasteiger partial charge in [0.15, 0.2) is 5.78 Å². The Labute approximate surface area is 130 Å². The summed E-state index contributed by atoms with van der Waals surface area (Å²) in [7, 11) is 1.74. The predicted octanol–water partition coefficient (Wildman–Crippen LogP) is 1.69. The first-order valence-electron chi connectivity index (χ1n) is 7.59. The van der Waals surface area contributed by atoms with Crippen LogP contribution < -0.4 is 5.32 Å². The Hall–Kier alpha value is -2.17. The van der Waals surface area contributed by atoms with Crippen molar-refractivity contribution in [2.24, 2.45) is 0 Å². The zero-order valence-corrected chi connectivity index (χ0v) is 13.1. The maximum absolute atomic E-state index is 12.0. The van der Waals surface area contributed by atoms with Crippen molar-refractivity contribution in [3.63, 3.8) is 0 Å². The number of nitrogens with one attached hydrogen (secondary N) is 1. The van der Waals surface area contributed by atoms with Gasteiger partial charge in [0, 0.05) is 44.5 Å². The molecule has 1 saturated heterocycles. The van der Waals surface area contributed by atoms with Gasteiger partial charge in [0.2, 0.25) is 11.8 Å². The highest BCUT2D eigenvalue weighted by Crippen LogP contribution is 2.11. The first kappa shape index (κ1) is 16.2. The van der Waals surface area contributed by atoms with Crippen LogP contribution in [-0.2, 0) is 9.59 Å². The summed E-state index contributed by atoms with van der Waals surface area (Å²) in [5.74, 6) is -0.0423. The van der Waals surface area contributed by atoms with Gasteiger partial charge in [0.25, 0.3) is 0 Å². The molecular formula is C17H22N2O3. The minimum atomic E-state index is -0.131. The number of hydrogen-bond acceptors (Lipinski definition) is 3. The summed E-state index contributed by atoms with van der Waals surface area (Å²) < 4.78 is 0. The van der Waals surface area contributed by atoms with Gasteiger partial charge in [-0.25, -0.2) is 0 Å². The number of ketones is 1. The molecule has 118 valence electrons. The number of piperidine rings is 1. The summed E-state index contributed by atoms with van der Waals surface area (Å²) in [6, 6.07) is 7.35. The van der Waals surface area contributed by atoms with Gasteiger partial charge in [0.1, 0.15) is 0 Å². The van der Waals surface area contributed by atoms with E-state index in [0.717, 1.165) is 5.56 Å². The second kappa shape index (κ2) is 7.20. The molecular weight excluding hydrogens is 280 g/mol. The summed E-state index contributed by atoms with van der Waals surface area (Å²) in [5.41, 5.74) is 1.74. The third kappa shape index (κ3) is 4.41. The molecule has 1 fully saturated rings. The van der Waals surface area contributed by atoms with Crippen LogP contribution in [0.25, 0.3) is 0 Å². The van der Waals surface area contributed by atoms with E-state index >= 15 is 0 Å². The maximum Gasteiger partial charge on any atom is 0.222 e. The van der Waals surface area contributed by atoms with Crippen LogP contribution in [0.2, 0.25) is 0 Å². The van der Waals surface area contributed by atoms with Crippen molar-refractivity contribution in [2.75, 3.05) is 13.6 Å². The lowest BCUT2D eigenvalue weighted by molar-refractivity contribution is -0.133. The number of likely N-dealkylation sites (tertiary alicyclic amines) is 1. The standard InChI is InChI=1S/C17H22N2O3/c1-12-3-5-13(6-4-12)15(20)8-9-16(21)18-14-7-10-17(22)19(2)11-14/h3-6,14H,7-11H2,1-2H3,(H,18,21). The topological polar surface area (TPSA) is 66.5 Å². The van der Waals surface area contributed by atoms with Crippen LogP contribution in [0.3, 0.4) is 0 Å². The van der Waals surface area contributed by atoms with E-state index in [1.54, 1.807) is 24.1 Å². The lowest BCUT2D eigenvalue weighted by Crippen LogP contribution is -2.48. The number of likely N-dealkylation sites (N-methyl/N-ethyl adjacent to an activating group) is 1. The number of rotatable bonds is 5. The first-order valence-corrected chi connectivity index (χ1v) is 7.59. The predicted molar refractivity (Wildman–Crippen MR) is 83.5 cm³/mol. The van der Waals surface area contributed by atoms with E-state index in [4.69, 9.17) is 0 Å². The molecule has 1 aliphatic heterocycles. The Kier molecular flexibility index (Phi) is 5.31. The number of benzene rings is 1. The van der Waals surface area contributed by atoms with E-state index in [1.165, 1.54) is 0 Å². The maximum atomic E-state index is 12.0. The van der Waals surface area contributed by atoms with Crippen LogP contribution in [0, 0.1) is 6.92 Å². The van der Waals surface area contributed by atoms with Gasteiger partial charge in [-0.3, -0.25) is 14.4 Å². The van der Waals surface area contributed by atoms with Crippen LogP contribution in [-0.4, -0.2) is 42.1 Å². The number of carbonyl (C=O) groups is 3. The summed E-state index contributed by atoms with van der Waals surface area (Å²) >= 11 is 0. The van der Waals surface area contributed by atoms with E-state index < -0.39 is 0 Å². The summed E-state index contributed by atoms with van der Waals surface area (Å²) in [6.07, 6.45) is 1.52. The third-order valence-electron chi connectivity index (χ3n) is 3.94. The smallest absolute Gasteiger partial charge is 0.222 e. The monoisotopic (exact) mass is 302 g/mol. The van der Waals surface area contributed by atoms with Crippen molar-refractivity contribution < 1.29 is 14.4 Å². The van der Waals surface area contributed by atoms with Crippen LogP contribution in [0.1, 0.15) is 41.6 Å². The van der Waals surface area contributed by atoms with Gasteiger partial charge in [-0.15, -0.1) is 0 Å². The van der Waals surface area contributed by atoms with E-state index in [9.17, 15) is 14.4 Å². The second-order valence-electron chi connectivity index (χ2n) is 5.87. The zero-order valence-electron chi connectivity index (χ0n) is 13.1. The molecule has 2 amide bonds. The molecule has 1 aromatic carbocycles. The molecule has 5 heteroatoms. The van der Waals surface area contributed by atoms with Crippen LogP contribution >= 0.6 is 0 Å². The van der Waals surface area contributed by atoms with Crippen molar-refractivity contribution in [2.45, 2.75) is 38.6 Å². The Balaban J connectivity index is 1.77. The molecule has 0 aromatic heterocycles. The number of carbonyl (C=O) groups excluding carboxylic acids is 3. The summed E-state index contributed by atoms with van der Waals surface area (Å²) in [4.78, 5) is 37.0. The molecule has 1 atom stereocenters. The molecule has 2 rings (SSSR count). The van der Waals surface area contributed by atoms with E-state index in [-0.39, 0.29) is 36.5 Å². The SMILES string of the molecule is Cc1ccc(C(=O)CCC(=O)NC2CCC(=O)N(C)C2)cc1. The van der Waals surface area contributed by atoms with Gasteiger partial charge < -0.3 is 10.2 Å². The normalized spacial score (nSPS) is 18.2. The second-order valence-corrected chi connectivity index (χ2v) is 5.87. The van der Waals surface area contributed by atoms with Gasteiger partial charge in [-0.1, -0.05) is 29.8 Å². The Morgan fingerprint density at radius 3 is 2.55 bits per heavy atom. The zero-order chi connectivity index (χ0) is 16.1. The highest BCUT2D eigenvalue weighted by Gasteiger charge is 2.24. The fourth-order valence-electron chi connectivity index (χ4n) is 2.54. The highest BCUT2D eigenvalue weighted by atomic mass is 16.2. The molecule has 0 bridgehead atoms. The summed E-state index contributed by atoms with van der Waals surface area (Å²) in [5, 5.41) is 2.90. The molecule has 5 nitrogen and oxygen atoms in total. The van der Waals surface area contributed by atoms with Crippen molar-refractivity contribution >= 4 is 17.6 Å². The average molecular weight is 302 g/mol. The minimum Gasteiger partial charge on any atom is -0.352 e. The molecule has 1 aromatic rings. The van der Waals surface area contributed by atoms with Crippen LogP contribution in [0.4, 0.5) is 0 Å². The molecule has 22 heavy (non-hydrogen) atoms. The van der Waals surface area contributed by atoms with Gasteiger partial charge in [-0.2, -0.15) is 0 Å². The number of hydrogen-bond donors (Lipinski definition) is 1. The lowest BCUT2D eigenvalue weighted by atomic mass is 10.0.